The van der Waals surface area contributed by atoms with E-state index in [1.165, 1.54) is 0 Å². The molecule has 8 heteroatoms. The summed E-state index contributed by atoms with van der Waals surface area (Å²) >= 11 is 0. The topological polar surface area (TPSA) is 92.8 Å². The number of carbonyl (C=O) groups is 2. The zero-order valence-corrected chi connectivity index (χ0v) is 17.6. The second-order valence-corrected chi connectivity index (χ2v) is 8.27. The Bertz CT molecular complexity index is 662. The van der Waals surface area contributed by atoms with Crippen LogP contribution in [0.2, 0.25) is 0 Å². The highest BCUT2D eigenvalue weighted by Gasteiger charge is 2.23. The quantitative estimate of drug-likeness (QED) is 0.798. The average Bonchev–Trinajstić information content (AvgIpc) is 2.57. The molecule has 2 heterocycles. The van der Waals surface area contributed by atoms with E-state index in [1.54, 1.807) is 33.9 Å². The Hall–Kier alpha value is -2.35. The van der Waals surface area contributed by atoms with Crippen LogP contribution in [0.15, 0.2) is 18.3 Å². The number of morpholine rings is 1. The van der Waals surface area contributed by atoms with Gasteiger partial charge in [0.1, 0.15) is 17.5 Å². The molecule has 2 N–H and O–H groups in total. The number of alkyl carbamates (subject to hydrolysis) is 1. The number of nitrogens with zero attached hydrogens (tertiary/aromatic N) is 2. The molecule has 3 unspecified atom stereocenters. The first kappa shape index (κ1) is 21.9. The van der Waals surface area contributed by atoms with E-state index >= 15 is 0 Å². The SMILES string of the molecule is CC1CN(c2ccc(CNC(=O)C(C)NC(=O)OC(C)(C)C)cn2)CC(C)O1. The lowest BCUT2D eigenvalue weighted by molar-refractivity contribution is -0.122. The van der Waals surface area contributed by atoms with Crippen molar-refractivity contribution in [2.45, 2.75) is 71.9 Å². The van der Waals surface area contributed by atoms with Crippen LogP contribution in [0, 0.1) is 0 Å². The fourth-order valence-corrected chi connectivity index (χ4v) is 2.97. The number of amides is 2. The van der Waals surface area contributed by atoms with Gasteiger partial charge in [-0.15, -0.1) is 0 Å². The minimum Gasteiger partial charge on any atom is -0.444 e. The van der Waals surface area contributed by atoms with E-state index in [9.17, 15) is 9.59 Å². The van der Waals surface area contributed by atoms with Crippen LogP contribution in [-0.2, 0) is 20.8 Å². The van der Waals surface area contributed by atoms with Gasteiger partial charge in [0.2, 0.25) is 5.91 Å². The second-order valence-electron chi connectivity index (χ2n) is 8.27. The Kier molecular flexibility index (Phi) is 7.23. The molecular weight excluding hydrogens is 360 g/mol. The predicted octanol–water partition coefficient (Wildman–Crippen LogP) is 2.22. The van der Waals surface area contributed by atoms with Gasteiger partial charge in [0.05, 0.1) is 12.2 Å². The molecule has 2 amide bonds. The van der Waals surface area contributed by atoms with Gasteiger partial charge < -0.3 is 25.0 Å². The highest BCUT2D eigenvalue weighted by atomic mass is 16.6. The van der Waals surface area contributed by atoms with Crippen LogP contribution < -0.4 is 15.5 Å². The molecule has 156 valence electrons. The Morgan fingerprint density at radius 1 is 1.29 bits per heavy atom. The Balaban J connectivity index is 1.82. The molecule has 0 aliphatic carbocycles. The monoisotopic (exact) mass is 392 g/mol. The smallest absolute Gasteiger partial charge is 0.408 e. The van der Waals surface area contributed by atoms with Crippen molar-refractivity contribution in [2.75, 3.05) is 18.0 Å². The highest BCUT2D eigenvalue weighted by molar-refractivity contribution is 5.85. The number of pyridine rings is 1. The Labute approximate surface area is 167 Å². The van der Waals surface area contributed by atoms with Crippen molar-refractivity contribution in [3.8, 4) is 0 Å². The maximum Gasteiger partial charge on any atom is 0.408 e. The van der Waals surface area contributed by atoms with Gasteiger partial charge in [-0.05, 0) is 53.2 Å². The molecule has 1 aliphatic heterocycles. The van der Waals surface area contributed by atoms with Gasteiger partial charge in [0.25, 0.3) is 0 Å². The number of rotatable bonds is 5. The van der Waals surface area contributed by atoms with Crippen molar-refractivity contribution in [2.24, 2.45) is 0 Å². The third-order valence-corrected chi connectivity index (χ3v) is 4.15. The summed E-state index contributed by atoms with van der Waals surface area (Å²) in [6, 6.07) is 3.20. The van der Waals surface area contributed by atoms with E-state index in [0.717, 1.165) is 24.5 Å². The molecule has 1 aliphatic rings. The number of nitrogens with one attached hydrogen (secondary N) is 2. The zero-order valence-electron chi connectivity index (χ0n) is 17.6. The molecule has 8 nitrogen and oxygen atoms in total. The molecule has 1 saturated heterocycles. The maximum absolute atomic E-state index is 12.2. The lowest BCUT2D eigenvalue weighted by Gasteiger charge is -2.36. The molecule has 2 rings (SSSR count). The zero-order chi connectivity index (χ0) is 20.9. The summed E-state index contributed by atoms with van der Waals surface area (Å²) in [7, 11) is 0. The molecule has 0 spiro atoms. The molecule has 0 bridgehead atoms. The van der Waals surface area contributed by atoms with Gasteiger partial charge in [-0.25, -0.2) is 9.78 Å². The Morgan fingerprint density at radius 3 is 2.46 bits per heavy atom. The predicted molar refractivity (Wildman–Crippen MR) is 107 cm³/mol. The molecule has 0 radical (unpaired) electrons. The van der Waals surface area contributed by atoms with Gasteiger partial charge in [0.15, 0.2) is 0 Å². The van der Waals surface area contributed by atoms with Crippen LogP contribution in [0.25, 0.3) is 0 Å². The number of hydrogen-bond acceptors (Lipinski definition) is 6. The number of aromatic nitrogens is 1. The van der Waals surface area contributed by atoms with E-state index in [-0.39, 0.29) is 18.1 Å². The van der Waals surface area contributed by atoms with E-state index < -0.39 is 17.7 Å². The minimum atomic E-state index is -0.696. The standard InChI is InChI=1S/C20H32N4O4/c1-13-11-24(12-14(2)27-13)17-8-7-16(9-21-17)10-22-18(25)15(3)23-19(26)28-20(4,5)6/h7-9,13-15H,10-12H2,1-6H3,(H,22,25)(H,23,26). The van der Waals surface area contributed by atoms with Gasteiger partial charge in [-0.1, -0.05) is 6.07 Å². The van der Waals surface area contributed by atoms with Crippen molar-refractivity contribution >= 4 is 17.8 Å². The first-order valence-electron chi connectivity index (χ1n) is 9.66. The maximum atomic E-state index is 12.2. The van der Waals surface area contributed by atoms with Crippen LogP contribution in [0.4, 0.5) is 10.6 Å². The van der Waals surface area contributed by atoms with Crippen LogP contribution in [-0.4, -0.2) is 53.9 Å². The molecule has 0 saturated carbocycles. The average molecular weight is 393 g/mol. The Morgan fingerprint density at radius 2 is 1.93 bits per heavy atom. The number of anilines is 1. The summed E-state index contributed by atoms with van der Waals surface area (Å²) in [6.45, 7) is 13.0. The number of ether oxygens (including phenoxy) is 2. The van der Waals surface area contributed by atoms with Gasteiger partial charge in [-0.2, -0.15) is 0 Å². The first-order chi connectivity index (χ1) is 13.0. The van der Waals surface area contributed by atoms with Crippen LogP contribution >= 0.6 is 0 Å². The van der Waals surface area contributed by atoms with Crippen molar-refractivity contribution in [3.05, 3.63) is 23.9 Å². The van der Waals surface area contributed by atoms with Crippen molar-refractivity contribution < 1.29 is 19.1 Å². The summed E-state index contributed by atoms with van der Waals surface area (Å²) < 4.78 is 10.9. The molecule has 1 fully saturated rings. The third-order valence-electron chi connectivity index (χ3n) is 4.15. The van der Waals surface area contributed by atoms with E-state index in [0.29, 0.717) is 6.54 Å². The largest absolute Gasteiger partial charge is 0.444 e. The fraction of sp³-hybridized carbons (Fsp3) is 0.650. The normalized spacial score (nSPS) is 21.0. The summed E-state index contributed by atoms with van der Waals surface area (Å²) in [4.78, 5) is 30.6. The van der Waals surface area contributed by atoms with Crippen LogP contribution in [0.3, 0.4) is 0 Å². The van der Waals surface area contributed by atoms with Crippen molar-refractivity contribution in [1.82, 2.24) is 15.6 Å². The highest BCUT2D eigenvalue weighted by Crippen LogP contribution is 2.18. The molecule has 28 heavy (non-hydrogen) atoms. The van der Waals surface area contributed by atoms with E-state index in [4.69, 9.17) is 9.47 Å². The van der Waals surface area contributed by atoms with E-state index in [2.05, 4.69) is 34.4 Å². The van der Waals surface area contributed by atoms with Crippen molar-refractivity contribution in [1.29, 1.82) is 0 Å². The molecule has 3 atom stereocenters. The molecule has 0 aromatic carbocycles. The fourth-order valence-electron chi connectivity index (χ4n) is 2.97. The number of carbonyl (C=O) groups excluding carboxylic acids is 2. The van der Waals surface area contributed by atoms with Crippen LogP contribution in [0.5, 0.6) is 0 Å². The molecule has 1 aromatic rings. The summed E-state index contributed by atoms with van der Waals surface area (Å²) in [5.41, 5.74) is 0.278. The van der Waals surface area contributed by atoms with E-state index in [1.807, 2.05) is 12.1 Å². The molecular formula is C20H32N4O4. The second kappa shape index (κ2) is 9.23. The molecule has 1 aromatic heterocycles. The summed E-state index contributed by atoms with van der Waals surface area (Å²) in [6.07, 6.45) is 1.48. The van der Waals surface area contributed by atoms with Crippen LogP contribution in [0.1, 0.15) is 47.1 Å². The minimum absolute atomic E-state index is 0.170. The van der Waals surface area contributed by atoms with Gasteiger partial charge >= 0.3 is 6.09 Å². The van der Waals surface area contributed by atoms with Crippen molar-refractivity contribution in [3.63, 3.8) is 0 Å². The summed E-state index contributed by atoms with van der Waals surface area (Å²) in [5.74, 6) is 0.614. The number of hydrogen-bond donors (Lipinski definition) is 2. The summed E-state index contributed by atoms with van der Waals surface area (Å²) in [5, 5.41) is 5.32. The lowest BCUT2D eigenvalue weighted by Crippen LogP contribution is -2.46. The lowest BCUT2D eigenvalue weighted by atomic mass is 10.2. The van der Waals surface area contributed by atoms with Gasteiger partial charge in [0, 0.05) is 25.8 Å². The first-order valence-corrected chi connectivity index (χ1v) is 9.66. The third kappa shape index (κ3) is 6.99. The van der Waals surface area contributed by atoms with Gasteiger partial charge in [-0.3, -0.25) is 4.79 Å².